The van der Waals surface area contributed by atoms with E-state index in [1.165, 1.54) is 6.20 Å². The van der Waals surface area contributed by atoms with E-state index in [4.69, 9.17) is 51.1 Å². The first kappa shape index (κ1) is 13.8. The molecule has 0 amide bonds. The van der Waals surface area contributed by atoms with Gasteiger partial charge in [0.15, 0.2) is 0 Å². The molecule has 0 fully saturated rings. The molecule has 94 valence electrons. The van der Waals surface area contributed by atoms with E-state index in [1.54, 1.807) is 25.3 Å². The van der Waals surface area contributed by atoms with Crippen LogP contribution in [0.1, 0.15) is 0 Å². The van der Waals surface area contributed by atoms with E-state index >= 15 is 0 Å². The Labute approximate surface area is 124 Å². The predicted molar refractivity (Wildman–Crippen MR) is 76.3 cm³/mol. The maximum absolute atomic E-state index is 6.14. The molecule has 0 unspecified atom stereocenters. The van der Waals surface area contributed by atoms with E-state index in [-0.39, 0.29) is 0 Å². The third-order valence-corrected chi connectivity index (χ3v) is 3.44. The van der Waals surface area contributed by atoms with E-state index in [1.807, 2.05) is 0 Å². The Hall–Kier alpha value is -0.670. The fourth-order valence-corrected chi connectivity index (χ4v) is 2.73. The van der Waals surface area contributed by atoms with Crippen LogP contribution in [0.25, 0.3) is 11.1 Å². The molecule has 0 spiro atoms. The predicted octanol–water partition coefficient (Wildman–Crippen LogP) is 5.37. The molecule has 0 bridgehead atoms. The zero-order valence-electron chi connectivity index (χ0n) is 9.18. The van der Waals surface area contributed by atoms with E-state index in [0.717, 1.165) is 0 Å². The SMILES string of the molecule is COc1cnc(Cl)c(-c2c(Cl)cc(Cl)cc2Cl)c1. The van der Waals surface area contributed by atoms with Crippen molar-refractivity contribution in [1.82, 2.24) is 4.98 Å². The lowest BCUT2D eigenvalue weighted by Crippen LogP contribution is -1.90. The van der Waals surface area contributed by atoms with Crippen molar-refractivity contribution >= 4 is 46.4 Å². The molecule has 0 aliphatic carbocycles. The average molecular weight is 323 g/mol. The van der Waals surface area contributed by atoms with Crippen molar-refractivity contribution < 1.29 is 4.74 Å². The molecule has 1 aromatic carbocycles. The van der Waals surface area contributed by atoms with Gasteiger partial charge < -0.3 is 4.74 Å². The summed E-state index contributed by atoms with van der Waals surface area (Å²) in [6.45, 7) is 0. The molecule has 6 heteroatoms. The van der Waals surface area contributed by atoms with Crippen molar-refractivity contribution in [1.29, 1.82) is 0 Å². The second-order valence-corrected chi connectivity index (χ2v) is 5.07. The first-order valence-corrected chi connectivity index (χ1v) is 6.38. The van der Waals surface area contributed by atoms with Gasteiger partial charge in [0.1, 0.15) is 10.9 Å². The van der Waals surface area contributed by atoms with Gasteiger partial charge in [-0.05, 0) is 18.2 Å². The van der Waals surface area contributed by atoms with Gasteiger partial charge in [-0.1, -0.05) is 46.4 Å². The van der Waals surface area contributed by atoms with Crippen LogP contribution in [-0.4, -0.2) is 12.1 Å². The minimum Gasteiger partial charge on any atom is -0.495 e. The minimum absolute atomic E-state index is 0.293. The Morgan fingerprint density at radius 1 is 1.00 bits per heavy atom. The molecule has 0 aliphatic rings. The van der Waals surface area contributed by atoms with Gasteiger partial charge in [-0.2, -0.15) is 0 Å². The Morgan fingerprint density at radius 3 is 2.17 bits per heavy atom. The van der Waals surface area contributed by atoms with Crippen LogP contribution in [0.15, 0.2) is 24.4 Å². The smallest absolute Gasteiger partial charge is 0.137 e. The van der Waals surface area contributed by atoms with Crippen molar-refractivity contribution in [3.8, 4) is 16.9 Å². The minimum atomic E-state index is 0.293. The highest BCUT2D eigenvalue weighted by atomic mass is 35.5. The van der Waals surface area contributed by atoms with Crippen molar-refractivity contribution in [2.75, 3.05) is 7.11 Å². The van der Waals surface area contributed by atoms with Crippen LogP contribution in [0.3, 0.4) is 0 Å². The second-order valence-electron chi connectivity index (χ2n) is 3.46. The molecular weight excluding hydrogens is 316 g/mol. The van der Waals surface area contributed by atoms with Crippen LogP contribution in [0, 0.1) is 0 Å². The molecule has 0 radical (unpaired) electrons. The Bertz CT molecular complexity index is 578. The molecule has 1 heterocycles. The summed E-state index contributed by atoms with van der Waals surface area (Å²) in [5, 5.41) is 1.57. The van der Waals surface area contributed by atoms with Crippen LogP contribution in [0.4, 0.5) is 0 Å². The number of halogens is 4. The monoisotopic (exact) mass is 321 g/mol. The quantitative estimate of drug-likeness (QED) is 0.693. The molecule has 2 rings (SSSR count). The molecule has 0 aliphatic heterocycles. The molecular formula is C12H7Cl4NO. The van der Waals surface area contributed by atoms with Gasteiger partial charge in [0, 0.05) is 16.1 Å². The lowest BCUT2D eigenvalue weighted by atomic mass is 10.1. The highest BCUT2D eigenvalue weighted by molar-refractivity contribution is 6.43. The maximum Gasteiger partial charge on any atom is 0.137 e. The summed E-state index contributed by atoms with van der Waals surface area (Å²) in [5.74, 6) is 0.566. The third kappa shape index (κ3) is 2.67. The Balaban J connectivity index is 2.68. The summed E-state index contributed by atoms with van der Waals surface area (Å²) in [6.07, 6.45) is 1.52. The first-order valence-electron chi connectivity index (χ1n) is 4.87. The van der Waals surface area contributed by atoms with Gasteiger partial charge in [0.25, 0.3) is 0 Å². The number of methoxy groups -OCH3 is 1. The molecule has 0 saturated heterocycles. The van der Waals surface area contributed by atoms with Crippen LogP contribution in [-0.2, 0) is 0 Å². The van der Waals surface area contributed by atoms with E-state index in [9.17, 15) is 0 Å². The molecule has 2 aromatic rings. The number of hydrogen-bond acceptors (Lipinski definition) is 2. The van der Waals surface area contributed by atoms with E-state index in [0.29, 0.717) is 37.1 Å². The topological polar surface area (TPSA) is 22.1 Å². The number of hydrogen-bond donors (Lipinski definition) is 0. The summed E-state index contributed by atoms with van der Waals surface area (Å²) in [7, 11) is 1.54. The van der Waals surface area contributed by atoms with Crippen molar-refractivity contribution in [3.05, 3.63) is 44.6 Å². The van der Waals surface area contributed by atoms with Gasteiger partial charge in [-0.3, -0.25) is 0 Å². The average Bonchev–Trinajstić information content (AvgIpc) is 2.30. The Kier molecular flexibility index (Phi) is 4.23. The third-order valence-electron chi connectivity index (χ3n) is 2.33. The van der Waals surface area contributed by atoms with Crippen LogP contribution in [0.2, 0.25) is 20.2 Å². The van der Waals surface area contributed by atoms with Crippen molar-refractivity contribution in [3.63, 3.8) is 0 Å². The number of benzene rings is 1. The highest BCUT2D eigenvalue weighted by Gasteiger charge is 2.15. The van der Waals surface area contributed by atoms with Gasteiger partial charge in [0.05, 0.1) is 23.4 Å². The lowest BCUT2D eigenvalue weighted by molar-refractivity contribution is 0.413. The first-order chi connectivity index (χ1) is 8.52. The zero-order valence-corrected chi connectivity index (χ0v) is 12.2. The lowest BCUT2D eigenvalue weighted by Gasteiger charge is -2.10. The number of pyridine rings is 1. The number of ether oxygens (including phenoxy) is 1. The number of aromatic nitrogens is 1. The summed E-state index contributed by atoms with van der Waals surface area (Å²) >= 11 is 24.2. The molecule has 18 heavy (non-hydrogen) atoms. The fraction of sp³-hybridized carbons (Fsp3) is 0.0833. The molecule has 1 aromatic heterocycles. The molecule has 0 saturated carbocycles. The number of nitrogens with zero attached hydrogens (tertiary/aromatic N) is 1. The maximum atomic E-state index is 6.14. The zero-order chi connectivity index (χ0) is 13.3. The van der Waals surface area contributed by atoms with Gasteiger partial charge in [-0.15, -0.1) is 0 Å². The summed E-state index contributed by atoms with van der Waals surface area (Å²) < 4.78 is 5.10. The Morgan fingerprint density at radius 2 is 1.61 bits per heavy atom. The normalized spacial score (nSPS) is 10.5. The summed E-state index contributed by atoms with van der Waals surface area (Å²) in [4.78, 5) is 4.02. The highest BCUT2D eigenvalue weighted by Crippen LogP contribution is 2.40. The number of rotatable bonds is 2. The van der Waals surface area contributed by atoms with Crippen molar-refractivity contribution in [2.45, 2.75) is 0 Å². The fourth-order valence-electron chi connectivity index (χ4n) is 1.52. The largest absolute Gasteiger partial charge is 0.495 e. The van der Waals surface area contributed by atoms with Crippen LogP contribution < -0.4 is 4.74 Å². The van der Waals surface area contributed by atoms with Gasteiger partial charge >= 0.3 is 0 Å². The molecule has 0 N–H and O–H groups in total. The summed E-state index contributed by atoms with van der Waals surface area (Å²) in [5.41, 5.74) is 1.18. The second kappa shape index (κ2) is 5.54. The summed E-state index contributed by atoms with van der Waals surface area (Å²) in [6, 6.07) is 4.91. The molecule has 2 nitrogen and oxygen atoms in total. The van der Waals surface area contributed by atoms with Crippen molar-refractivity contribution in [2.24, 2.45) is 0 Å². The van der Waals surface area contributed by atoms with E-state index < -0.39 is 0 Å². The standard InChI is InChI=1S/C12H7Cl4NO/c1-18-7-4-8(12(16)17-5-7)11-9(14)2-6(13)3-10(11)15/h2-5H,1H3. The van der Waals surface area contributed by atoms with Crippen LogP contribution in [0.5, 0.6) is 5.75 Å². The molecule has 0 atom stereocenters. The van der Waals surface area contributed by atoms with Gasteiger partial charge in [0.2, 0.25) is 0 Å². The van der Waals surface area contributed by atoms with Crippen LogP contribution >= 0.6 is 46.4 Å². The van der Waals surface area contributed by atoms with E-state index in [2.05, 4.69) is 4.98 Å². The van der Waals surface area contributed by atoms with Gasteiger partial charge in [-0.25, -0.2) is 4.98 Å².